The Morgan fingerprint density at radius 1 is 1.35 bits per heavy atom. The lowest BCUT2D eigenvalue weighted by molar-refractivity contribution is 0.0502. The lowest BCUT2D eigenvalue weighted by Crippen LogP contribution is -2.39. The number of ether oxygens (including phenoxy) is 1. The average Bonchev–Trinajstić information content (AvgIpc) is 2.35. The molecule has 0 radical (unpaired) electrons. The van der Waals surface area contributed by atoms with Crippen molar-refractivity contribution < 1.29 is 9.53 Å². The van der Waals surface area contributed by atoms with E-state index in [1.165, 1.54) is 5.56 Å². The molecule has 20 heavy (non-hydrogen) atoms. The second-order valence-electron chi connectivity index (χ2n) is 5.89. The van der Waals surface area contributed by atoms with Crippen LogP contribution in [0.15, 0.2) is 43.0 Å². The van der Waals surface area contributed by atoms with Crippen molar-refractivity contribution in [2.45, 2.75) is 51.7 Å². The fraction of sp³-hybridized carbons (Fsp3) is 0.471. The van der Waals surface area contributed by atoms with E-state index in [4.69, 9.17) is 4.74 Å². The lowest BCUT2D eigenvalue weighted by atomic mass is 10.0. The van der Waals surface area contributed by atoms with Crippen LogP contribution in [-0.2, 0) is 11.2 Å². The van der Waals surface area contributed by atoms with Gasteiger partial charge in [0.25, 0.3) is 0 Å². The van der Waals surface area contributed by atoms with E-state index in [0.717, 1.165) is 19.3 Å². The molecule has 110 valence electrons. The first-order valence-corrected chi connectivity index (χ1v) is 7.05. The molecule has 0 aromatic heterocycles. The molecular weight excluding hydrogens is 250 g/mol. The van der Waals surface area contributed by atoms with Gasteiger partial charge in [-0.3, -0.25) is 0 Å². The summed E-state index contributed by atoms with van der Waals surface area (Å²) in [6, 6.07) is 10.3. The molecular formula is C17H25NO2. The highest BCUT2D eigenvalue weighted by molar-refractivity contribution is 5.68. The molecule has 0 fully saturated rings. The quantitative estimate of drug-likeness (QED) is 0.794. The first-order valence-electron chi connectivity index (χ1n) is 7.05. The molecule has 0 heterocycles. The number of hydrogen-bond donors (Lipinski definition) is 1. The predicted octanol–water partition coefficient (Wildman–Crippen LogP) is 4.09. The Morgan fingerprint density at radius 2 is 2.00 bits per heavy atom. The number of hydrogen-bond acceptors (Lipinski definition) is 2. The Morgan fingerprint density at radius 3 is 2.55 bits per heavy atom. The second kappa shape index (κ2) is 7.73. The largest absolute Gasteiger partial charge is 0.444 e. The van der Waals surface area contributed by atoms with Crippen LogP contribution in [0.4, 0.5) is 4.79 Å². The smallest absolute Gasteiger partial charge is 0.407 e. The highest BCUT2D eigenvalue weighted by Crippen LogP contribution is 2.10. The topological polar surface area (TPSA) is 38.3 Å². The zero-order chi connectivity index (χ0) is 15.0. The molecule has 1 atom stereocenters. The van der Waals surface area contributed by atoms with Gasteiger partial charge in [-0.1, -0.05) is 36.4 Å². The van der Waals surface area contributed by atoms with Gasteiger partial charge < -0.3 is 10.1 Å². The Kier molecular flexibility index (Phi) is 6.29. The fourth-order valence-electron chi connectivity index (χ4n) is 1.91. The molecule has 1 unspecified atom stereocenters. The number of amides is 1. The van der Waals surface area contributed by atoms with Gasteiger partial charge in [-0.25, -0.2) is 4.79 Å². The van der Waals surface area contributed by atoms with Crippen LogP contribution in [0.25, 0.3) is 0 Å². The van der Waals surface area contributed by atoms with E-state index in [1.54, 1.807) is 0 Å². The third-order valence-corrected chi connectivity index (χ3v) is 2.80. The summed E-state index contributed by atoms with van der Waals surface area (Å²) in [5.74, 6) is 0. The number of aryl methyl sites for hydroxylation is 1. The maximum absolute atomic E-state index is 11.8. The summed E-state index contributed by atoms with van der Waals surface area (Å²) in [6.07, 6.45) is 4.00. The van der Waals surface area contributed by atoms with E-state index in [9.17, 15) is 4.79 Å². The second-order valence-corrected chi connectivity index (χ2v) is 5.89. The van der Waals surface area contributed by atoms with Crippen LogP contribution in [0, 0.1) is 0 Å². The minimum absolute atomic E-state index is 0.0579. The normalized spacial score (nSPS) is 12.6. The number of rotatable bonds is 6. The van der Waals surface area contributed by atoms with Gasteiger partial charge in [0.1, 0.15) is 5.60 Å². The third kappa shape index (κ3) is 6.98. The summed E-state index contributed by atoms with van der Waals surface area (Å²) < 4.78 is 5.28. The molecule has 3 heteroatoms. The Labute approximate surface area is 122 Å². The van der Waals surface area contributed by atoms with E-state index in [-0.39, 0.29) is 12.1 Å². The number of carbonyl (C=O) groups excluding carboxylic acids is 1. The van der Waals surface area contributed by atoms with Crippen LogP contribution in [0.3, 0.4) is 0 Å². The average molecular weight is 275 g/mol. The molecule has 1 rings (SSSR count). The van der Waals surface area contributed by atoms with Crippen molar-refractivity contribution in [1.29, 1.82) is 0 Å². The van der Waals surface area contributed by atoms with Crippen LogP contribution in [0.2, 0.25) is 0 Å². The first-order chi connectivity index (χ1) is 9.40. The number of alkyl carbamates (subject to hydrolysis) is 1. The molecule has 0 aliphatic heterocycles. The van der Waals surface area contributed by atoms with Gasteiger partial charge >= 0.3 is 6.09 Å². The number of nitrogens with one attached hydrogen (secondary N) is 1. The Balaban J connectivity index is 2.48. The summed E-state index contributed by atoms with van der Waals surface area (Å²) in [5, 5.41) is 2.91. The molecule has 1 aromatic carbocycles. The van der Waals surface area contributed by atoms with Gasteiger partial charge in [0.05, 0.1) is 0 Å². The summed E-state index contributed by atoms with van der Waals surface area (Å²) in [7, 11) is 0. The molecule has 0 saturated heterocycles. The molecule has 1 N–H and O–H groups in total. The van der Waals surface area contributed by atoms with Gasteiger partial charge in [-0.05, 0) is 45.6 Å². The van der Waals surface area contributed by atoms with E-state index in [0.29, 0.717) is 0 Å². The minimum atomic E-state index is -0.470. The standard InChI is InChI=1S/C17H25NO2/c1-5-9-15(18-16(19)20-17(2,3)4)13-12-14-10-7-6-8-11-14/h5-8,10-11,15H,1,9,12-13H2,2-4H3,(H,18,19). The van der Waals surface area contributed by atoms with Crippen molar-refractivity contribution in [3.8, 4) is 0 Å². The van der Waals surface area contributed by atoms with Crippen molar-refractivity contribution in [2.24, 2.45) is 0 Å². The van der Waals surface area contributed by atoms with Gasteiger partial charge in [-0.15, -0.1) is 6.58 Å². The molecule has 1 amide bonds. The third-order valence-electron chi connectivity index (χ3n) is 2.80. The van der Waals surface area contributed by atoms with Gasteiger partial charge in [-0.2, -0.15) is 0 Å². The van der Waals surface area contributed by atoms with Crippen LogP contribution < -0.4 is 5.32 Å². The van der Waals surface area contributed by atoms with E-state index in [1.807, 2.05) is 45.0 Å². The van der Waals surface area contributed by atoms with Crippen molar-refractivity contribution in [3.63, 3.8) is 0 Å². The van der Waals surface area contributed by atoms with Crippen molar-refractivity contribution in [3.05, 3.63) is 48.6 Å². The van der Waals surface area contributed by atoms with E-state index >= 15 is 0 Å². The lowest BCUT2D eigenvalue weighted by Gasteiger charge is -2.23. The summed E-state index contributed by atoms with van der Waals surface area (Å²) in [5.41, 5.74) is 0.801. The zero-order valence-electron chi connectivity index (χ0n) is 12.7. The van der Waals surface area contributed by atoms with E-state index < -0.39 is 5.60 Å². The molecule has 0 spiro atoms. The molecule has 0 saturated carbocycles. The van der Waals surface area contributed by atoms with Crippen molar-refractivity contribution in [2.75, 3.05) is 0 Å². The monoisotopic (exact) mass is 275 g/mol. The minimum Gasteiger partial charge on any atom is -0.444 e. The number of carbonyl (C=O) groups is 1. The van der Waals surface area contributed by atoms with Crippen molar-refractivity contribution in [1.82, 2.24) is 5.32 Å². The highest BCUT2D eigenvalue weighted by atomic mass is 16.6. The molecule has 0 bridgehead atoms. The maximum Gasteiger partial charge on any atom is 0.407 e. The molecule has 1 aromatic rings. The first kappa shape index (κ1) is 16.3. The SMILES string of the molecule is C=CCC(CCc1ccccc1)NC(=O)OC(C)(C)C. The molecule has 0 aliphatic rings. The van der Waals surface area contributed by atoms with Crippen LogP contribution in [-0.4, -0.2) is 17.7 Å². The Bertz CT molecular complexity index is 420. The van der Waals surface area contributed by atoms with Crippen LogP contribution in [0.5, 0.6) is 0 Å². The zero-order valence-corrected chi connectivity index (χ0v) is 12.7. The fourth-order valence-corrected chi connectivity index (χ4v) is 1.91. The molecule has 3 nitrogen and oxygen atoms in total. The van der Waals surface area contributed by atoms with Gasteiger partial charge in [0.2, 0.25) is 0 Å². The summed E-state index contributed by atoms with van der Waals surface area (Å²) >= 11 is 0. The molecule has 0 aliphatic carbocycles. The van der Waals surface area contributed by atoms with Crippen LogP contribution >= 0.6 is 0 Å². The van der Waals surface area contributed by atoms with E-state index in [2.05, 4.69) is 24.0 Å². The number of benzene rings is 1. The van der Waals surface area contributed by atoms with Crippen molar-refractivity contribution >= 4 is 6.09 Å². The maximum atomic E-state index is 11.8. The highest BCUT2D eigenvalue weighted by Gasteiger charge is 2.18. The van der Waals surface area contributed by atoms with Gasteiger partial charge in [0, 0.05) is 6.04 Å². The van der Waals surface area contributed by atoms with Gasteiger partial charge in [0.15, 0.2) is 0 Å². The van der Waals surface area contributed by atoms with Crippen LogP contribution in [0.1, 0.15) is 39.2 Å². The predicted molar refractivity (Wildman–Crippen MR) is 82.7 cm³/mol. The summed E-state index contributed by atoms with van der Waals surface area (Å²) in [6.45, 7) is 9.33. The Hall–Kier alpha value is -1.77. The summed E-state index contributed by atoms with van der Waals surface area (Å²) in [4.78, 5) is 11.8.